The van der Waals surface area contributed by atoms with E-state index >= 15 is 0 Å². The number of benzene rings is 3. The number of carbonyl (C=O) groups excluding carboxylic acids is 1. The van der Waals surface area contributed by atoms with Crippen LogP contribution < -0.4 is 10.2 Å². The second-order valence-electron chi connectivity index (χ2n) is 8.31. The maximum absolute atomic E-state index is 13.6. The van der Waals surface area contributed by atoms with E-state index < -0.39 is 6.04 Å². The molecule has 0 spiro atoms. The lowest BCUT2D eigenvalue weighted by atomic mass is 9.98. The van der Waals surface area contributed by atoms with E-state index in [1.807, 2.05) is 80.6 Å². The van der Waals surface area contributed by atoms with Crippen LogP contribution in [0.5, 0.6) is 5.75 Å². The van der Waals surface area contributed by atoms with Crippen LogP contribution in [0.3, 0.4) is 0 Å². The Labute approximate surface area is 192 Å². The molecule has 1 aliphatic rings. The first-order valence-corrected chi connectivity index (χ1v) is 11.2. The molecule has 0 radical (unpaired) electrons. The summed E-state index contributed by atoms with van der Waals surface area (Å²) in [7, 11) is 0. The maximum Gasteiger partial charge on any atom is 0.290 e. The van der Waals surface area contributed by atoms with Crippen molar-refractivity contribution in [3.63, 3.8) is 0 Å². The molecular weight excluding hydrogens is 414 g/mol. The van der Waals surface area contributed by atoms with Gasteiger partial charge in [-0.15, -0.1) is 0 Å². The van der Waals surface area contributed by atoms with Crippen LogP contribution >= 0.6 is 0 Å². The Bertz CT molecular complexity index is 1370. The average molecular weight is 440 g/mol. The molecule has 5 nitrogen and oxygen atoms in total. The normalized spacial score (nSPS) is 15.2. The molecule has 0 saturated carbocycles. The highest BCUT2D eigenvalue weighted by Crippen LogP contribution is 2.38. The van der Waals surface area contributed by atoms with Crippen molar-refractivity contribution >= 4 is 16.9 Å². The Morgan fingerprint density at radius 3 is 2.45 bits per heavy atom. The van der Waals surface area contributed by atoms with Crippen molar-refractivity contribution in [1.29, 1.82) is 0 Å². The molecule has 0 saturated heterocycles. The number of hydrogen-bond acceptors (Lipinski definition) is 4. The van der Waals surface area contributed by atoms with Gasteiger partial charge in [-0.25, -0.2) is 0 Å². The van der Waals surface area contributed by atoms with Crippen molar-refractivity contribution in [2.24, 2.45) is 0 Å². The van der Waals surface area contributed by atoms with Crippen molar-refractivity contribution < 1.29 is 13.9 Å². The van der Waals surface area contributed by atoms with Gasteiger partial charge >= 0.3 is 0 Å². The van der Waals surface area contributed by atoms with Crippen LogP contribution in [-0.2, 0) is 6.42 Å². The highest BCUT2D eigenvalue weighted by molar-refractivity contribution is 5.99. The minimum absolute atomic E-state index is 0.142. The van der Waals surface area contributed by atoms with Gasteiger partial charge in [-0.3, -0.25) is 9.59 Å². The third kappa shape index (κ3) is 3.80. The number of nitrogens with zero attached hydrogens (tertiary/aromatic N) is 1. The van der Waals surface area contributed by atoms with E-state index in [1.54, 1.807) is 11.0 Å². The molecule has 5 heteroatoms. The van der Waals surface area contributed by atoms with E-state index in [1.165, 1.54) is 0 Å². The highest BCUT2D eigenvalue weighted by atomic mass is 16.5. The molecule has 0 N–H and O–H groups in total. The topological polar surface area (TPSA) is 59.8 Å². The predicted molar refractivity (Wildman–Crippen MR) is 128 cm³/mol. The molecule has 1 aliphatic heterocycles. The Morgan fingerprint density at radius 1 is 0.970 bits per heavy atom. The first-order chi connectivity index (χ1) is 16.1. The second kappa shape index (κ2) is 8.58. The molecule has 4 aromatic rings. The number of hydrogen-bond donors (Lipinski definition) is 0. The number of ether oxygens (including phenoxy) is 1. The number of fused-ring (bicyclic) bond motifs is 2. The van der Waals surface area contributed by atoms with Crippen LogP contribution in [0, 0.1) is 6.92 Å². The van der Waals surface area contributed by atoms with Crippen LogP contribution in [0.2, 0.25) is 0 Å². The Kier molecular flexibility index (Phi) is 5.47. The van der Waals surface area contributed by atoms with Gasteiger partial charge in [-0.05, 0) is 55.7 Å². The molecule has 5 rings (SSSR count). The summed E-state index contributed by atoms with van der Waals surface area (Å²) in [6.45, 7) is 4.92. The number of carbonyl (C=O) groups is 1. The van der Waals surface area contributed by atoms with E-state index in [-0.39, 0.29) is 17.1 Å². The third-order valence-electron chi connectivity index (χ3n) is 6.11. The summed E-state index contributed by atoms with van der Waals surface area (Å²) >= 11 is 0. The van der Waals surface area contributed by atoms with Crippen molar-refractivity contribution in [2.75, 3.05) is 13.2 Å². The summed E-state index contributed by atoms with van der Waals surface area (Å²) in [4.78, 5) is 28.9. The van der Waals surface area contributed by atoms with Gasteiger partial charge in [0, 0.05) is 6.54 Å². The molecule has 3 aromatic carbocycles. The largest absolute Gasteiger partial charge is 0.494 e. The third-order valence-corrected chi connectivity index (χ3v) is 6.11. The molecule has 0 fully saturated rings. The summed E-state index contributed by atoms with van der Waals surface area (Å²) in [6.07, 6.45) is 0.681. The van der Waals surface area contributed by atoms with Crippen molar-refractivity contribution in [3.8, 4) is 5.75 Å². The number of rotatable bonds is 6. The summed E-state index contributed by atoms with van der Waals surface area (Å²) in [5, 5.41) is 0.502. The van der Waals surface area contributed by atoms with Crippen LogP contribution in [0.15, 0.2) is 82.0 Å². The summed E-state index contributed by atoms with van der Waals surface area (Å²) in [5.41, 5.74) is 3.66. The summed E-state index contributed by atoms with van der Waals surface area (Å²) in [5.74, 6) is 0.644. The van der Waals surface area contributed by atoms with Gasteiger partial charge in [0.15, 0.2) is 5.43 Å². The van der Waals surface area contributed by atoms with Crippen molar-refractivity contribution in [2.45, 2.75) is 26.3 Å². The first kappa shape index (κ1) is 21.0. The van der Waals surface area contributed by atoms with Crippen molar-refractivity contribution in [1.82, 2.24) is 4.90 Å². The molecule has 1 amide bonds. The molecule has 2 heterocycles. The van der Waals surface area contributed by atoms with Crippen LogP contribution in [-0.4, -0.2) is 24.0 Å². The molecular formula is C28H25NO4. The quantitative estimate of drug-likeness (QED) is 0.410. The Balaban J connectivity index is 1.62. The average Bonchev–Trinajstić information content (AvgIpc) is 3.11. The van der Waals surface area contributed by atoms with E-state index in [9.17, 15) is 9.59 Å². The lowest BCUT2D eigenvalue weighted by molar-refractivity contribution is 0.0730. The molecule has 166 valence electrons. The SMILES string of the molecule is CCOc1ccc([C@@H]2c3c(oc4ccc(C)cc4c3=O)C(=O)N2CCc2ccccc2)cc1. The maximum atomic E-state index is 13.6. The van der Waals surface area contributed by atoms with Crippen LogP contribution in [0.4, 0.5) is 0 Å². The summed E-state index contributed by atoms with van der Waals surface area (Å²) in [6, 6.07) is 22.6. The van der Waals surface area contributed by atoms with E-state index in [2.05, 4.69) is 0 Å². The Morgan fingerprint density at radius 2 is 1.73 bits per heavy atom. The molecule has 0 aliphatic carbocycles. The fourth-order valence-electron chi connectivity index (χ4n) is 4.52. The van der Waals surface area contributed by atoms with Gasteiger partial charge in [0.25, 0.3) is 5.91 Å². The number of amides is 1. The smallest absolute Gasteiger partial charge is 0.290 e. The van der Waals surface area contributed by atoms with Crippen LogP contribution in [0.25, 0.3) is 11.0 Å². The van der Waals surface area contributed by atoms with Gasteiger partial charge in [0.2, 0.25) is 5.76 Å². The first-order valence-electron chi connectivity index (χ1n) is 11.2. The molecule has 1 aromatic heterocycles. The molecule has 0 unspecified atom stereocenters. The van der Waals surface area contributed by atoms with E-state index in [0.29, 0.717) is 36.1 Å². The highest BCUT2D eigenvalue weighted by Gasteiger charge is 2.42. The zero-order valence-electron chi connectivity index (χ0n) is 18.7. The standard InChI is InChI=1S/C28H25NO4/c1-3-32-21-12-10-20(11-13-21)25-24-26(30)22-17-18(2)9-14-23(22)33-27(24)28(31)29(25)16-15-19-7-5-4-6-8-19/h4-14,17,25H,3,15-16H2,1-2H3/t25-/m1/s1. The minimum Gasteiger partial charge on any atom is -0.494 e. The lowest BCUT2D eigenvalue weighted by Crippen LogP contribution is -2.31. The van der Waals surface area contributed by atoms with Gasteiger partial charge in [0.05, 0.1) is 23.6 Å². The van der Waals surface area contributed by atoms with Gasteiger partial charge in [-0.2, -0.15) is 0 Å². The fraction of sp³-hybridized carbons (Fsp3) is 0.214. The molecule has 1 atom stereocenters. The zero-order chi connectivity index (χ0) is 22.9. The second-order valence-corrected chi connectivity index (χ2v) is 8.31. The molecule has 0 bridgehead atoms. The fourth-order valence-corrected chi connectivity index (χ4v) is 4.52. The monoisotopic (exact) mass is 439 g/mol. The predicted octanol–water partition coefficient (Wildman–Crippen LogP) is 5.29. The molecule has 33 heavy (non-hydrogen) atoms. The Hall–Kier alpha value is -3.86. The zero-order valence-corrected chi connectivity index (χ0v) is 18.7. The van der Waals surface area contributed by atoms with E-state index in [4.69, 9.17) is 9.15 Å². The summed E-state index contributed by atoms with van der Waals surface area (Å²) < 4.78 is 11.6. The van der Waals surface area contributed by atoms with Crippen LogP contribution in [0.1, 0.15) is 45.8 Å². The minimum atomic E-state index is -0.506. The van der Waals surface area contributed by atoms with Gasteiger partial charge in [-0.1, -0.05) is 54.1 Å². The van der Waals surface area contributed by atoms with Crippen molar-refractivity contribution in [3.05, 3.63) is 111 Å². The van der Waals surface area contributed by atoms with E-state index in [0.717, 1.165) is 22.4 Å². The van der Waals surface area contributed by atoms with Gasteiger partial charge < -0.3 is 14.1 Å². The lowest BCUT2D eigenvalue weighted by Gasteiger charge is -2.25. The number of aryl methyl sites for hydroxylation is 1. The van der Waals surface area contributed by atoms with Gasteiger partial charge in [0.1, 0.15) is 11.3 Å².